The topological polar surface area (TPSA) is 85.8 Å². The summed E-state index contributed by atoms with van der Waals surface area (Å²) in [5.41, 5.74) is 2.67. The zero-order chi connectivity index (χ0) is 20.3. The van der Waals surface area contributed by atoms with Crippen LogP contribution in [0, 0.1) is 0 Å². The second kappa shape index (κ2) is 7.92. The Kier molecular flexibility index (Phi) is 4.82. The number of carbonyl (C=O) groups excluding carboxylic acids is 1. The highest BCUT2D eigenvalue weighted by atomic mass is 32.1. The van der Waals surface area contributed by atoms with Crippen LogP contribution in [0.5, 0.6) is 0 Å². The minimum absolute atomic E-state index is 0.168. The number of benzene rings is 2. The minimum Gasteiger partial charge on any atom is -0.339 e. The molecule has 1 amide bonds. The number of nitrogens with one attached hydrogen (secondary N) is 1. The second-order valence-corrected chi connectivity index (χ2v) is 7.58. The molecule has 0 spiro atoms. The number of fused-ring (bicyclic) bond motifs is 1. The molecule has 0 unspecified atom stereocenters. The standard InChI is InChI=1S/C22H17N5O2S/c28-19(12-13-20-25-21(26-29-20)18-11-6-14-30-18)24-22-23-16-9-4-5-10-17(16)27(22)15-7-2-1-3-8-15/h1-11,14H,12-13H2,(H,23,24,28). The number of anilines is 1. The number of nitrogens with zero attached hydrogens (tertiary/aromatic N) is 4. The summed E-state index contributed by atoms with van der Waals surface area (Å²) in [5.74, 6) is 1.30. The van der Waals surface area contributed by atoms with Crippen molar-refractivity contribution in [3.05, 3.63) is 78.0 Å². The quantitative estimate of drug-likeness (QED) is 0.434. The van der Waals surface area contributed by atoms with Crippen molar-refractivity contribution in [2.75, 3.05) is 5.32 Å². The van der Waals surface area contributed by atoms with Gasteiger partial charge in [0, 0.05) is 18.5 Å². The third-order valence-electron chi connectivity index (χ3n) is 4.60. The van der Waals surface area contributed by atoms with Gasteiger partial charge in [0.1, 0.15) is 0 Å². The fourth-order valence-corrected chi connectivity index (χ4v) is 3.87. The zero-order valence-corrected chi connectivity index (χ0v) is 16.7. The van der Waals surface area contributed by atoms with Crippen LogP contribution in [0.2, 0.25) is 0 Å². The smallest absolute Gasteiger partial charge is 0.227 e. The molecule has 0 fully saturated rings. The lowest BCUT2D eigenvalue weighted by Crippen LogP contribution is -2.16. The van der Waals surface area contributed by atoms with Gasteiger partial charge in [-0.1, -0.05) is 41.6 Å². The highest BCUT2D eigenvalue weighted by molar-refractivity contribution is 7.13. The molecule has 0 aliphatic carbocycles. The number of rotatable bonds is 6. The number of carbonyl (C=O) groups is 1. The number of aromatic nitrogens is 4. The average Bonchev–Trinajstić information content (AvgIpc) is 3.52. The van der Waals surface area contributed by atoms with Crippen molar-refractivity contribution in [1.82, 2.24) is 19.7 Å². The van der Waals surface area contributed by atoms with Crippen molar-refractivity contribution < 1.29 is 9.32 Å². The molecular formula is C22H17N5O2S. The first-order valence-electron chi connectivity index (χ1n) is 9.47. The summed E-state index contributed by atoms with van der Waals surface area (Å²) in [4.78, 5) is 22.5. The van der Waals surface area contributed by atoms with Gasteiger partial charge in [0.15, 0.2) is 0 Å². The van der Waals surface area contributed by atoms with Crippen LogP contribution >= 0.6 is 11.3 Å². The first-order valence-corrected chi connectivity index (χ1v) is 10.3. The molecule has 0 saturated heterocycles. The van der Waals surface area contributed by atoms with Gasteiger partial charge in [0.25, 0.3) is 0 Å². The van der Waals surface area contributed by atoms with Gasteiger partial charge in [-0.25, -0.2) is 4.98 Å². The molecule has 0 aliphatic heterocycles. The Morgan fingerprint density at radius 3 is 2.67 bits per heavy atom. The van der Waals surface area contributed by atoms with E-state index in [0.29, 0.717) is 24.1 Å². The number of para-hydroxylation sites is 3. The Morgan fingerprint density at radius 2 is 1.83 bits per heavy atom. The lowest BCUT2D eigenvalue weighted by Gasteiger charge is -2.09. The largest absolute Gasteiger partial charge is 0.339 e. The monoisotopic (exact) mass is 415 g/mol. The van der Waals surface area contributed by atoms with Crippen LogP contribution in [0.1, 0.15) is 12.3 Å². The first kappa shape index (κ1) is 18.3. The molecule has 7 nitrogen and oxygen atoms in total. The second-order valence-electron chi connectivity index (χ2n) is 6.63. The summed E-state index contributed by atoms with van der Waals surface area (Å²) in [5, 5.41) is 8.86. The number of amides is 1. The molecule has 1 N–H and O–H groups in total. The van der Waals surface area contributed by atoms with E-state index in [0.717, 1.165) is 21.6 Å². The van der Waals surface area contributed by atoms with E-state index in [9.17, 15) is 4.79 Å². The Morgan fingerprint density at radius 1 is 1.00 bits per heavy atom. The van der Waals surface area contributed by atoms with Gasteiger partial charge >= 0.3 is 0 Å². The zero-order valence-electron chi connectivity index (χ0n) is 15.9. The van der Waals surface area contributed by atoms with E-state index in [1.807, 2.05) is 76.7 Å². The van der Waals surface area contributed by atoms with Crippen LogP contribution in [-0.2, 0) is 11.2 Å². The minimum atomic E-state index is -0.168. The third-order valence-corrected chi connectivity index (χ3v) is 5.47. The van der Waals surface area contributed by atoms with Crippen molar-refractivity contribution in [2.24, 2.45) is 0 Å². The first-order chi connectivity index (χ1) is 14.8. The van der Waals surface area contributed by atoms with E-state index >= 15 is 0 Å². The van der Waals surface area contributed by atoms with Crippen LogP contribution in [0.3, 0.4) is 0 Å². The van der Waals surface area contributed by atoms with E-state index < -0.39 is 0 Å². The van der Waals surface area contributed by atoms with Crippen molar-refractivity contribution in [1.29, 1.82) is 0 Å². The molecule has 0 saturated carbocycles. The Bertz CT molecular complexity index is 1290. The molecule has 5 aromatic rings. The number of thiophene rings is 1. The molecule has 0 radical (unpaired) electrons. The summed E-state index contributed by atoms with van der Waals surface area (Å²) in [6.45, 7) is 0. The molecule has 30 heavy (non-hydrogen) atoms. The van der Waals surface area contributed by atoms with Gasteiger partial charge in [0.2, 0.25) is 23.6 Å². The van der Waals surface area contributed by atoms with E-state index in [-0.39, 0.29) is 12.3 Å². The lowest BCUT2D eigenvalue weighted by atomic mass is 10.3. The average molecular weight is 415 g/mol. The maximum absolute atomic E-state index is 12.6. The molecule has 2 aromatic carbocycles. The number of hydrogen-bond donors (Lipinski definition) is 1. The Labute approximate surface area is 176 Å². The summed E-state index contributed by atoms with van der Waals surface area (Å²) < 4.78 is 7.21. The molecule has 8 heteroatoms. The van der Waals surface area contributed by atoms with Crippen LogP contribution in [0.25, 0.3) is 27.4 Å². The van der Waals surface area contributed by atoms with Crippen molar-refractivity contribution >= 4 is 34.2 Å². The molecule has 3 heterocycles. The van der Waals surface area contributed by atoms with Gasteiger partial charge in [-0.2, -0.15) is 4.98 Å². The molecule has 0 atom stereocenters. The van der Waals surface area contributed by atoms with Crippen LogP contribution in [0.4, 0.5) is 5.95 Å². The normalized spacial score (nSPS) is 11.1. The fraction of sp³-hybridized carbons (Fsp3) is 0.0909. The predicted octanol–water partition coefficient (Wildman–Crippen LogP) is 4.71. The summed E-state index contributed by atoms with van der Waals surface area (Å²) in [6, 6.07) is 21.5. The Hall–Kier alpha value is -3.78. The van der Waals surface area contributed by atoms with Gasteiger partial charge < -0.3 is 4.52 Å². The van der Waals surface area contributed by atoms with Gasteiger partial charge in [0.05, 0.1) is 15.9 Å². The van der Waals surface area contributed by atoms with Crippen molar-refractivity contribution in [3.8, 4) is 16.4 Å². The summed E-state index contributed by atoms with van der Waals surface area (Å²) >= 11 is 1.54. The molecule has 0 aliphatic rings. The lowest BCUT2D eigenvalue weighted by molar-refractivity contribution is -0.116. The molecule has 0 bridgehead atoms. The predicted molar refractivity (Wildman–Crippen MR) is 116 cm³/mol. The van der Waals surface area contributed by atoms with E-state index in [4.69, 9.17) is 4.52 Å². The molecule has 3 aromatic heterocycles. The van der Waals surface area contributed by atoms with E-state index in [1.54, 1.807) is 11.3 Å². The maximum atomic E-state index is 12.6. The highest BCUT2D eigenvalue weighted by Crippen LogP contribution is 2.25. The highest BCUT2D eigenvalue weighted by Gasteiger charge is 2.16. The SMILES string of the molecule is O=C(CCc1nc(-c2cccs2)no1)Nc1nc2ccccc2n1-c1ccccc1. The van der Waals surface area contributed by atoms with Gasteiger partial charge in [-0.3, -0.25) is 14.7 Å². The van der Waals surface area contributed by atoms with Crippen molar-refractivity contribution in [3.63, 3.8) is 0 Å². The third kappa shape index (κ3) is 3.60. The van der Waals surface area contributed by atoms with Crippen LogP contribution in [0.15, 0.2) is 76.6 Å². The summed E-state index contributed by atoms with van der Waals surface area (Å²) in [6.07, 6.45) is 0.569. The van der Waals surface area contributed by atoms with Gasteiger partial charge in [-0.15, -0.1) is 11.3 Å². The number of hydrogen-bond acceptors (Lipinski definition) is 6. The molecular weight excluding hydrogens is 398 g/mol. The van der Waals surface area contributed by atoms with Crippen LogP contribution < -0.4 is 5.32 Å². The fourth-order valence-electron chi connectivity index (χ4n) is 3.22. The van der Waals surface area contributed by atoms with E-state index in [2.05, 4.69) is 20.4 Å². The molecule has 5 rings (SSSR count). The summed E-state index contributed by atoms with van der Waals surface area (Å²) in [7, 11) is 0. The van der Waals surface area contributed by atoms with Gasteiger partial charge in [-0.05, 0) is 35.7 Å². The van der Waals surface area contributed by atoms with E-state index in [1.165, 1.54) is 0 Å². The van der Waals surface area contributed by atoms with Crippen LogP contribution in [-0.4, -0.2) is 25.6 Å². The van der Waals surface area contributed by atoms with Crippen molar-refractivity contribution in [2.45, 2.75) is 12.8 Å². The Balaban J connectivity index is 1.34. The number of aryl methyl sites for hydroxylation is 1. The molecule has 148 valence electrons. The number of imidazole rings is 1. The maximum Gasteiger partial charge on any atom is 0.227 e.